The number of hydrogen-bond donors (Lipinski definition) is 0. The first-order chi connectivity index (χ1) is 27.8. The van der Waals surface area contributed by atoms with E-state index in [1.807, 2.05) is 30.3 Å². The fourth-order valence-electron chi connectivity index (χ4n) is 9.57. The summed E-state index contributed by atoms with van der Waals surface area (Å²) in [4.78, 5) is 10.5. The van der Waals surface area contributed by atoms with Crippen molar-refractivity contribution in [2.24, 2.45) is 0 Å². The fourth-order valence-corrected chi connectivity index (χ4v) is 9.57. The van der Waals surface area contributed by atoms with E-state index in [-0.39, 0.29) is 0 Å². The first-order valence-electron chi connectivity index (χ1n) is 19.2. The monoisotopic (exact) mass is 712 g/mol. The predicted molar refractivity (Wildman–Crippen MR) is 227 cm³/mol. The first kappa shape index (κ1) is 31.0. The van der Waals surface area contributed by atoms with Gasteiger partial charge in [0.05, 0.1) is 16.8 Å². The van der Waals surface area contributed by atoms with Crippen LogP contribution in [0.5, 0.6) is 0 Å². The number of fused-ring (bicyclic) bond motifs is 13. The summed E-state index contributed by atoms with van der Waals surface area (Å²) in [6, 6.07) is 69.5. The van der Waals surface area contributed by atoms with Gasteiger partial charge in [-0.3, -0.25) is 0 Å². The molecule has 0 saturated heterocycles. The third-order valence-corrected chi connectivity index (χ3v) is 11.9. The highest BCUT2D eigenvalue weighted by Gasteiger charge is 2.51. The number of benzene rings is 8. The molecule has 0 bridgehead atoms. The van der Waals surface area contributed by atoms with Crippen LogP contribution in [0.4, 0.5) is 0 Å². The van der Waals surface area contributed by atoms with Crippen LogP contribution in [-0.4, -0.2) is 9.97 Å². The average Bonchev–Trinajstić information content (AvgIpc) is 3.91. The maximum Gasteiger partial charge on any atom is 0.160 e. The second kappa shape index (κ2) is 11.8. The SMILES string of the molecule is c1ccc(-c2cc(-c3cccc4oc5ccccc5c34)nc(-c3cccc(-c4ccc5c(c4)C4(c6ccccc6-c6ccccc64)c4ccccc4-5)c3)n2)cc1. The van der Waals surface area contributed by atoms with Crippen LogP contribution < -0.4 is 0 Å². The van der Waals surface area contributed by atoms with Crippen molar-refractivity contribution in [1.82, 2.24) is 9.97 Å². The third kappa shape index (κ3) is 4.34. The fraction of sp³-hybridized carbons (Fsp3) is 0.0189. The number of rotatable bonds is 4. The quantitative estimate of drug-likeness (QED) is 0.182. The molecule has 3 nitrogen and oxygen atoms in total. The highest BCUT2D eigenvalue weighted by Crippen LogP contribution is 2.63. The summed E-state index contributed by atoms with van der Waals surface area (Å²) in [6.45, 7) is 0. The van der Waals surface area contributed by atoms with Gasteiger partial charge < -0.3 is 4.42 Å². The van der Waals surface area contributed by atoms with E-state index >= 15 is 0 Å². The van der Waals surface area contributed by atoms with Gasteiger partial charge in [0.2, 0.25) is 0 Å². The molecule has 56 heavy (non-hydrogen) atoms. The lowest BCUT2D eigenvalue weighted by Crippen LogP contribution is -2.25. The van der Waals surface area contributed by atoms with Crippen molar-refractivity contribution in [3.05, 3.63) is 216 Å². The van der Waals surface area contributed by atoms with Crippen LogP contribution in [0.15, 0.2) is 199 Å². The van der Waals surface area contributed by atoms with Crippen molar-refractivity contribution in [2.75, 3.05) is 0 Å². The van der Waals surface area contributed by atoms with Crippen molar-refractivity contribution in [1.29, 1.82) is 0 Å². The van der Waals surface area contributed by atoms with Gasteiger partial charge in [-0.15, -0.1) is 0 Å². The Morgan fingerprint density at radius 2 is 0.875 bits per heavy atom. The Labute approximate surface area is 324 Å². The van der Waals surface area contributed by atoms with Gasteiger partial charge in [0.15, 0.2) is 5.82 Å². The van der Waals surface area contributed by atoms with E-state index in [0.29, 0.717) is 5.82 Å². The molecule has 260 valence electrons. The summed E-state index contributed by atoms with van der Waals surface area (Å²) >= 11 is 0. The molecule has 8 aromatic carbocycles. The zero-order chi connectivity index (χ0) is 36.8. The number of aromatic nitrogens is 2. The van der Waals surface area contributed by atoms with Crippen LogP contribution >= 0.6 is 0 Å². The lowest BCUT2D eigenvalue weighted by atomic mass is 9.70. The summed E-state index contributed by atoms with van der Waals surface area (Å²) in [6.07, 6.45) is 0. The molecule has 2 heterocycles. The largest absolute Gasteiger partial charge is 0.456 e. The smallest absolute Gasteiger partial charge is 0.160 e. The van der Waals surface area contributed by atoms with Gasteiger partial charge in [-0.05, 0) is 86.0 Å². The molecule has 2 aromatic heterocycles. The zero-order valence-electron chi connectivity index (χ0n) is 30.3. The molecule has 12 rings (SSSR count). The maximum absolute atomic E-state index is 6.29. The molecule has 0 atom stereocenters. The molecule has 2 aliphatic rings. The van der Waals surface area contributed by atoms with Crippen LogP contribution in [0.1, 0.15) is 22.3 Å². The summed E-state index contributed by atoms with van der Waals surface area (Å²) in [5.41, 5.74) is 18.9. The van der Waals surface area contributed by atoms with E-state index in [4.69, 9.17) is 14.4 Å². The molecule has 1 spiro atoms. The molecule has 0 aliphatic heterocycles. The second-order valence-electron chi connectivity index (χ2n) is 14.8. The summed E-state index contributed by atoms with van der Waals surface area (Å²) in [7, 11) is 0. The second-order valence-corrected chi connectivity index (χ2v) is 14.8. The van der Waals surface area contributed by atoms with Crippen molar-refractivity contribution in [3.63, 3.8) is 0 Å². The highest BCUT2D eigenvalue weighted by atomic mass is 16.3. The Balaban J connectivity index is 1.04. The third-order valence-electron chi connectivity index (χ3n) is 11.9. The summed E-state index contributed by atoms with van der Waals surface area (Å²) in [5.74, 6) is 0.677. The van der Waals surface area contributed by atoms with E-state index in [1.54, 1.807) is 0 Å². The number of para-hydroxylation sites is 1. The van der Waals surface area contributed by atoms with Gasteiger partial charge in [-0.2, -0.15) is 0 Å². The lowest BCUT2D eigenvalue weighted by Gasteiger charge is -2.30. The van der Waals surface area contributed by atoms with Gasteiger partial charge in [0.1, 0.15) is 11.2 Å². The van der Waals surface area contributed by atoms with Crippen LogP contribution in [-0.2, 0) is 5.41 Å². The van der Waals surface area contributed by atoms with E-state index in [9.17, 15) is 0 Å². The molecule has 0 radical (unpaired) electrons. The van der Waals surface area contributed by atoms with Crippen LogP contribution in [0.2, 0.25) is 0 Å². The Morgan fingerprint density at radius 3 is 1.62 bits per heavy atom. The molecule has 0 N–H and O–H groups in total. The highest BCUT2D eigenvalue weighted by molar-refractivity contribution is 6.12. The molecule has 3 heteroatoms. The predicted octanol–water partition coefficient (Wildman–Crippen LogP) is 13.4. The van der Waals surface area contributed by atoms with Crippen molar-refractivity contribution >= 4 is 21.9 Å². The summed E-state index contributed by atoms with van der Waals surface area (Å²) in [5, 5.41) is 2.13. The number of nitrogens with zero attached hydrogens (tertiary/aromatic N) is 2. The normalized spacial score (nSPS) is 13.1. The van der Waals surface area contributed by atoms with Gasteiger partial charge in [-0.25, -0.2) is 9.97 Å². The van der Waals surface area contributed by atoms with Gasteiger partial charge in [-0.1, -0.05) is 164 Å². The molecule has 0 unspecified atom stereocenters. The van der Waals surface area contributed by atoms with Crippen LogP contribution in [0.25, 0.3) is 89.2 Å². The number of hydrogen-bond acceptors (Lipinski definition) is 3. The summed E-state index contributed by atoms with van der Waals surface area (Å²) < 4.78 is 6.29. The minimum atomic E-state index is -0.396. The Kier molecular flexibility index (Phi) is 6.55. The molecule has 10 aromatic rings. The van der Waals surface area contributed by atoms with E-state index in [2.05, 4.69) is 164 Å². The van der Waals surface area contributed by atoms with E-state index < -0.39 is 5.41 Å². The Morgan fingerprint density at radius 1 is 0.339 bits per heavy atom. The van der Waals surface area contributed by atoms with Crippen molar-refractivity contribution in [2.45, 2.75) is 5.41 Å². The zero-order valence-corrected chi connectivity index (χ0v) is 30.3. The Hall–Kier alpha value is -7.36. The maximum atomic E-state index is 6.29. The lowest BCUT2D eigenvalue weighted by molar-refractivity contribution is 0.669. The van der Waals surface area contributed by atoms with Crippen LogP contribution in [0, 0.1) is 0 Å². The number of furan rings is 1. The van der Waals surface area contributed by atoms with Gasteiger partial charge >= 0.3 is 0 Å². The van der Waals surface area contributed by atoms with Gasteiger partial charge in [0.25, 0.3) is 0 Å². The average molecular weight is 713 g/mol. The van der Waals surface area contributed by atoms with E-state index in [1.165, 1.54) is 44.5 Å². The van der Waals surface area contributed by atoms with E-state index in [0.717, 1.165) is 61.1 Å². The van der Waals surface area contributed by atoms with Crippen LogP contribution in [0.3, 0.4) is 0 Å². The minimum absolute atomic E-state index is 0.396. The van der Waals surface area contributed by atoms with Gasteiger partial charge in [0, 0.05) is 27.5 Å². The molecule has 2 aliphatic carbocycles. The minimum Gasteiger partial charge on any atom is -0.456 e. The molecular formula is C53H32N2O. The van der Waals surface area contributed by atoms with Crippen molar-refractivity contribution < 1.29 is 4.42 Å². The molecule has 0 saturated carbocycles. The standard InChI is InChI=1S/C53H32N2O/c1-2-14-33(15-3-1)47-32-48(41-22-13-27-50-51(41)42-21-7-11-26-49(42)56-50)55-52(54-47)36-17-12-16-34(30-36)35-28-29-40-39-20-6-10-25-45(39)53(46(40)31-35)43-23-8-4-18-37(43)38-19-5-9-24-44(38)53/h1-32H. The molecular weight excluding hydrogens is 681 g/mol. The first-order valence-corrected chi connectivity index (χ1v) is 19.2. The van der Waals surface area contributed by atoms with Crippen molar-refractivity contribution in [3.8, 4) is 67.3 Å². The molecule has 0 amide bonds. The molecule has 0 fully saturated rings. The Bertz CT molecular complexity index is 3150. The topological polar surface area (TPSA) is 38.9 Å².